The SMILES string of the molecule is CC(=O)NC[C@H]1CCCN(C(=O)c2cccc(-c3cccc(C#N)c3)c2)C1. The molecule has 1 heterocycles. The van der Waals surface area contributed by atoms with E-state index in [9.17, 15) is 9.59 Å². The third-order valence-electron chi connectivity index (χ3n) is 4.88. The molecule has 0 saturated carbocycles. The van der Waals surface area contributed by atoms with Crippen molar-refractivity contribution in [3.8, 4) is 17.2 Å². The topological polar surface area (TPSA) is 73.2 Å². The maximum absolute atomic E-state index is 13.0. The van der Waals surface area contributed by atoms with Gasteiger partial charge in [0.2, 0.25) is 5.91 Å². The predicted octanol–water partition coefficient (Wildman–Crippen LogP) is 3.21. The smallest absolute Gasteiger partial charge is 0.253 e. The molecule has 0 unspecified atom stereocenters. The zero-order valence-electron chi connectivity index (χ0n) is 15.4. The second-order valence-electron chi connectivity index (χ2n) is 6.97. The highest BCUT2D eigenvalue weighted by atomic mass is 16.2. The molecule has 5 heteroatoms. The number of nitrogens with one attached hydrogen (secondary N) is 1. The summed E-state index contributed by atoms with van der Waals surface area (Å²) in [5.74, 6) is 0.272. The largest absolute Gasteiger partial charge is 0.356 e. The van der Waals surface area contributed by atoms with E-state index in [0.29, 0.717) is 30.1 Å². The number of piperidine rings is 1. The minimum atomic E-state index is -0.0363. The molecule has 1 N–H and O–H groups in total. The Morgan fingerprint density at radius 1 is 1.19 bits per heavy atom. The molecular weight excluding hydrogens is 338 g/mol. The normalized spacial score (nSPS) is 16.4. The van der Waals surface area contributed by atoms with Crippen molar-refractivity contribution in [2.45, 2.75) is 19.8 Å². The maximum atomic E-state index is 13.0. The number of hydrogen-bond donors (Lipinski definition) is 1. The molecular formula is C22H23N3O2. The third kappa shape index (κ3) is 4.73. The molecule has 0 bridgehead atoms. The van der Waals surface area contributed by atoms with Crippen molar-refractivity contribution >= 4 is 11.8 Å². The van der Waals surface area contributed by atoms with E-state index in [-0.39, 0.29) is 11.8 Å². The second kappa shape index (κ2) is 8.50. The standard InChI is InChI=1S/C22H23N3O2/c1-16(26)24-14-18-6-4-10-25(15-18)22(27)21-9-3-8-20(12-21)19-7-2-5-17(11-19)13-23/h2-3,5,7-9,11-12,18H,4,6,10,14-15H2,1H3,(H,24,26)/t18-/m1/s1. The van der Waals surface area contributed by atoms with Gasteiger partial charge in [0.25, 0.3) is 5.91 Å². The van der Waals surface area contributed by atoms with Crippen molar-refractivity contribution in [2.75, 3.05) is 19.6 Å². The lowest BCUT2D eigenvalue weighted by molar-refractivity contribution is -0.119. The number of hydrogen-bond acceptors (Lipinski definition) is 3. The Morgan fingerprint density at radius 3 is 2.67 bits per heavy atom. The van der Waals surface area contributed by atoms with Crippen LogP contribution >= 0.6 is 0 Å². The molecule has 0 spiro atoms. The fourth-order valence-electron chi connectivity index (χ4n) is 3.49. The molecule has 1 atom stereocenters. The summed E-state index contributed by atoms with van der Waals surface area (Å²) in [4.78, 5) is 26.0. The molecule has 1 saturated heterocycles. The van der Waals surface area contributed by atoms with Gasteiger partial charge in [-0.2, -0.15) is 5.26 Å². The molecule has 3 rings (SSSR count). The Labute approximate surface area is 159 Å². The zero-order chi connectivity index (χ0) is 19.2. The summed E-state index contributed by atoms with van der Waals surface area (Å²) in [5.41, 5.74) is 3.09. The molecule has 0 aliphatic carbocycles. The number of likely N-dealkylation sites (tertiary alicyclic amines) is 1. The Balaban J connectivity index is 1.75. The van der Waals surface area contributed by atoms with Crippen molar-refractivity contribution in [2.24, 2.45) is 5.92 Å². The Kier molecular flexibility index (Phi) is 5.87. The van der Waals surface area contributed by atoms with Gasteiger partial charge >= 0.3 is 0 Å². The molecule has 0 aromatic heterocycles. The fourth-order valence-corrected chi connectivity index (χ4v) is 3.49. The lowest BCUT2D eigenvalue weighted by atomic mass is 9.96. The first kappa shape index (κ1) is 18.7. The van der Waals surface area contributed by atoms with Crippen LogP contribution in [0.5, 0.6) is 0 Å². The van der Waals surface area contributed by atoms with Crippen molar-refractivity contribution in [3.05, 3.63) is 59.7 Å². The van der Waals surface area contributed by atoms with E-state index in [4.69, 9.17) is 5.26 Å². The van der Waals surface area contributed by atoms with Crippen LogP contribution in [0.4, 0.5) is 0 Å². The molecule has 1 aliphatic rings. The molecule has 5 nitrogen and oxygen atoms in total. The number of amides is 2. The van der Waals surface area contributed by atoms with Crippen molar-refractivity contribution in [3.63, 3.8) is 0 Å². The van der Waals surface area contributed by atoms with Gasteiger partial charge in [-0.3, -0.25) is 9.59 Å². The van der Waals surface area contributed by atoms with Crippen molar-refractivity contribution in [1.82, 2.24) is 10.2 Å². The van der Waals surface area contributed by atoms with E-state index in [1.165, 1.54) is 6.92 Å². The van der Waals surface area contributed by atoms with Crippen LogP contribution in [-0.2, 0) is 4.79 Å². The van der Waals surface area contributed by atoms with E-state index in [2.05, 4.69) is 11.4 Å². The third-order valence-corrected chi connectivity index (χ3v) is 4.88. The molecule has 1 fully saturated rings. The van der Waals surface area contributed by atoms with Gasteiger partial charge in [-0.15, -0.1) is 0 Å². The maximum Gasteiger partial charge on any atom is 0.253 e. The van der Waals surface area contributed by atoms with Gasteiger partial charge in [0.05, 0.1) is 11.6 Å². The molecule has 27 heavy (non-hydrogen) atoms. The van der Waals surface area contributed by atoms with Crippen LogP contribution in [0, 0.1) is 17.2 Å². The van der Waals surface area contributed by atoms with Crippen molar-refractivity contribution < 1.29 is 9.59 Å². The highest BCUT2D eigenvalue weighted by Gasteiger charge is 2.24. The number of nitriles is 1. The molecule has 138 valence electrons. The first-order valence-electron chi connectivity index (χ1n) is 9.21. The van der Waals surface area contributed by atoms with Crippen LogP contribution in [0.2, 0.25) is 0 Å². The Morgan fingerprint density at radius 2 is 1.93 bits per heavy atom. The zero-order valence-corrected chi connectivity index (χ0v) is 15.4. The number of nitrogens with zero attached hydrogens (tertiary/aromatic N) is 2. The number of carbonyl (C=O) groups is 2. The molecule has 1 aliphatic heterocycles. The van der Waals surface area contributed by atoms with Gasteiger partial charge in [-0.05, 0) is 54.2 Å². The summed E-state index contributed by atoms with van der Waals surface area (Å²) in [6, 6.07) is 17.1. The fraction of sp³-hybridized carbons (Fsp3) is 0.318. The lowest BCUT2D eigenvalue weighted by Crippen LogP contribution is -2.43. The highest BCUT2D eigenvalue weighted by molar-refractivity contribution is 5.95. The summed E-state index contributed by atoms with van der Waals surface area (Å²) in [6.45, 7) is 3.52. The second-order valence-corrected chi connectivity index (χ2v) is 6.97. The molecule has 2 aromatic carbocycles. The number of rotatable bonds is 4. The molecule has 2 amide bonds. The van der Waals surface area contributed by atoms with E-state index in [0.717, 1.165) is 30.5 Å². The minimum Gasteiger partial charge on any atom is -0.356 e. The molecule has 2 aromatic rings. The van der Waals surface area contributed by atoms with Gasteiger partial charge in [-0.1, -0.05) is 24.3 Å². The number of benzene rings is 2. The van der Waals surface area contributed by atoms with Crippen molar-refractivity contribution in [1.29, 1.82) is 5.26 Å². The first-order valence-corrected chi connectivity index (χ1v) is 9.21. The minimum absolute atomic E-state index is 0.0146. The van der Waals surface area contributed by atoms with Crippen LogP contribution in [-0.4, -0.2) is 36.3 Å². The first-order chi connectivity index (χ1) is 13.1. The van der Waals surface area contributed by atoms with Gasteiger partial charge in [0.1, 0.15) is 0 Å². The quantitative estimate of drug-likeness (QED) is 0.909. The van der Waals surface area contributed by atoms with Crippen LogP contribution in [0.25, 0.3) is 11.1 Å². The lowest BCUT2D eigenvalue weighted by Gasteiger charge is -2.33. The van der Waals surface area contributed by atoms with Gasteiger partial charge in [0, 0.05) is 32.1 Å². The van der Waals surface area contributed by atoms with Crippen LogP contribution in [0.15, 0.2) is 48.5 Å². The average Bonchev–Trinajstić information content (AvgIpc) is 2.72. The Bertz CT molecular complexity index is 885. The number of carbonyl (C=O) groups excluding carboxylic acids is 2. The summed E-state index contributed by atoms with van der Waals surface area (Å²) < 4.78 is 0. The van der Waals surface area contributed by atoms with E-state index < -0.39 is 0 Å². The monoisotopic (exact) mass is 361 g/mol. The molecule has 0 radical (unpaired) electrons. The summed E-state index contributed by atoms with van der Waals surface area (Å²) >= 11 is 0. The predicted molar refractivity (Wildman–Crippen MR) is 104 cm³/mol. The van der Waals surface area contributed by atoms with E-state index in [1.807, 2.05) is 47.4 Å². The summed E-state index contributed by atoms with van der Waals surface area (Å²) in [5, 5.41) is 11.9. The summed E-state index contributed by atoms with van der Waals surface area (Å²) in [6.07, 6.45) is 1.96. The highest BCUT2D eigenvalue weighted by Crippen LogP contribution is 2.24. The van der Waals surface area contributed by atoms with Gasteiger partial charge in [0.15, 0.2) is 0 Å². The summed E-state index contributed by atoms with van der Waals surface area (Å²) in [7, 11) is 0. The van der Waals surface area contributed by atoms with Gasteiger partial charge < -0.3 is 10.2 Å². The van der Waals surface area contributed by atoms with Crippen LogP contribution in [0.3, 0.4) is 0 Å². The van der Waals surface area contributed by atoms with Crippen LogP contribution < -0.4 is 5.32 Å². The van der Waals surface area contributed by atoms with Gasteiger partial charge in [-0.25, -0.2) is 0 Å². The van der Waals surface area contributed by atoms with Crippen LogP contribution in [0.1, 0.15) is 35.7 Å². The Hall–Kier alpha value is -3.13. The van der Waals surface area contributed by atoms with E-state index >= 15 is 0 Å². The van der Waals surface area contributed by atoms with E-state index in [1.54, 1.807) is 6.07 Å². The average molecular weight is 361 g/mol.